The van der Waals surface area contributed by atoms with Crippen molar-refractivity contribution in [2.75, 3.05) is 26.0 Å². The second kappa shape index (κ2) is 9.68. The predicted molar refractivity (Wildman–Crippen MR) is 110 cm³/mol. The Morgan fingerprint density at radius 1 is 1.30 bits per heavy atom. The van der Waals surface area contributed by atoms with Gasteiger partial charge in [-0.05, 0) is 30.0 Å². The van der Waals surface area contributed by atoms with E-state index in [9.17, 15) is 9.59 Å². The molecule has 0 aliphatic carbocycles. The summed E-state index contributed by atoms with van der Waals surface area (Å²) in [5.74, 6) is 0.139. The minimum Gasteiger partial charge on any atom is -0.383 e. The molecule has 0 aliphatic heterocycles. The molecule has 0 aliphatic rings. The van der Waals surface area contributed by atoms with Gasteiger partial charge in [-0.3, -0.25) is 14.2 Å². The standard InChI is InChI=1S/C19H21N3O3S2/c1-25-11-10-22-18(24)15-6-2-3-7-16(15)21-19(22)27-13-17(23)20-9-8-14-5-4-12-26-14/h2-7,12H,8-11,13H2,1H3,(H,20,23). The van der Waals surface area contributed by atoms with E-state index in [1.165, 1.54) is 16.6 Å². The Balaban J connectivity index is 1.67. The zero-order valence-electron chi connectivity index (χ0n) is 15.0. The van der Waals surface area contributed by atoms with E-state index in [1.54, 1.807) is 29.1 Å². The minimum absolute atomic E-state index is 0.0720. The summed E-state index contributed by atoms with van der Waals surface area (Å²) in [6.45, 7) is 1.40. The van der Waals surface area contributed by atoms with E-state index in [-0.39, 0.29) is 17.2 Å². The number of aromatic nitrogens is 2. The maximum Gasteiger partial charge on any atom is 0.262 e. The molecule has 0 unspecified atom stereocenters. The molecule has 3 aromatic rings. The summed E-state index contributed by atoms with van der Waals surface area (Å²) < 4.78 is 6.69. The van der Waals surface area contributed by atoms with Gasteiger partial charge in [-0.15, -0.1) is 11.3 Å². The molecule has 0 saturated heterocycles. The van der Waals surface area contributed by atoms with Crippen molar-refractivity contribution in [3.63, 3.8) is 0 Å². The van der Waals surface area contributed by atoms with Crippen LogP contribution in [-0.2, 0) is 22.5 Å². The van der Waals surface area contributed by atoms with Crippen LogP contribution >= 0.6 is 23.1 Å². The number of benzene rings is 1. The molecule has 142 valence electrons. The molecule has 0 fully saturated rings. The van der Waals surface area contributed by atoms with Crippen molar-refractivity contribution in [1.82, 2.24) is 14.9 Å². The highest BCUT2D eigenvalue weighted by Crippen LogP contribution is 2.17. The van der Waals surface area contributed by atoms with Crippen LogP contribution in [0.1, 0.15) is 4.88 Å². The van der Waals surface area contributed by atoms with Crippen LogP contribution in [-0.4, -0.2) is 41.5 Å². The molecule has 1 amide bonds. The van der Waals surface area contributed by atoms with Gasteiger partial charge in [0.25, 0.3) is 5.56 Å². The Labute approximate surface area is 165 Å². The summed E-state index contributed by atoms with van der Waals surface area (Å²) in [4.78, 5) is 30.7. The Bertz CT molecular complexity index is 954. The molecule has 0 spiro atoms. The summed E-state index contributed by atoms with van der Waals surface area (Å²) in [7, 11) is 1.59. The number of carbonyl (C=O) groups is 1. The number of thioether (sulfide) groups is 1. The van der Waals surface area contributed by atoms with Gasteiger partial charge in [0.15, 0.2) is 5.16 Å². The lowest BCUT2D eigenvalue weighted by Gasteiger charge is -2.12. The normalized spacial score (nSPS) is 11.0. The fourth-order valence-electron chi connectivity index (χ4n) is 2.60. The highest BCUT2D eigenvalue weighted by atomic mass is 32.2. The summed E-state index contributed by atoms with van der Waals surface area (Å²) in [5.41, 5.74) is 0.523. The first kappa shape index (κ1) is 19.6. The Morgan fingerprint density at radius 3 is 2.93 bits per heavy atom. The zero-order chi connectivity index (χ0) is 19.1. The van der Waals surface area contributed by atoms with Gasteiger partial charge in [0.05, 0.1) is 29.8 Å². The van der Waals surface area contributed by atoms with Crippen molar-refractivity contribution < 1.29 is 9.53 Å². The number of rotatable bonds is 9. The molecular weight excluding hydrogens is 382 g/mol. The first-order valence-electron chi connectivity index (χ1n) is 8.59. The molecule has 1 N–H and O–H groups in total. The lowest BCUT2D eigenvalue weighted by Crippen LogP contribution is -2.29. The smallest absolute Gasteiger partial charge is 0.262 e. The maximum atomic E-state index is 12.8. The fraction of sp³-hybridized carbons (Fsp3) is 0.316. The van der Waals surface area contributed by atoms with Crippen molar-refractivity contribution in [2.45, 2.75) is 18.1 Å². The number of hydrogen-bond donors (Lipinski definition) is 1. The van der Waals surface area contributed by atoms with E-state index in [1.807, 2.05) is 29.6 Å². The number of hydrogen-bond acceptors (Lipinski definition) is 6. The lowest BCUT2D eigenvalue weighted by molar-refractivity contribution is -0.118. The molecule has 8 heteroatoms. The molecule has 2 aromatic heterocycles. The minimum atomic E-state index is -0.113. The van der Waals surface area contributed by atoms with Gasteiger partial charge in [-0.2, -0.15) is 0 Å². The van der Waals surface area contributed by atoms with E-state index >= 15 is 0 Å². The number of amides is 1. The molecule has 1 aromatic carbocycles. The molecule has 0 saturated carbocycles. The maximum absolute atomic E-state index is 12.8. The van der Waals surface area contributed by atoms with Crippen LogP contribution in [0, 0.1) is 0 Å². The van der Waals surface area contributed by atoms with Crippen LogP contribution in [0.25, 0.3) is 10.9 Å². The van der Waals surface area contributed by atoms with Crippen LogP contribution in [0.15, 0.2) is 51.7 Å². The lowest BCUT2D eigenvalue weighted by atomic mass is 10.2. The summed E-state index contributed by atoms with van der Waals surface area (Å²) in [6, 6.07) is 11.3. The number of ether oxygens (including phenoxy) is 1. The van der Waals surface area contributed by atoms with Crippen LogP contribution in [0.4, 0.5) is 0 Å². The number of methoxy groups -OCH3 is 1. The third-order valence-electron chi connectivity index (χ3n) is 3.95. The van der Waals surface area contributed by atoms with E-state index in [2.05, 4.69) is 16.4 Å². The fourth-order valence-corrected chi connectivity index (χ4v) is 4.16. The first-order chi connectivity index (χ1) is 13.2. The van der Waals surface area contributed by atoms with Crippen LogP contribution < -0.4 is 10.9 Å². The monoisotopic (exact) mass is 403 g/mol. The van der Waals surface area contributed by atoms with Gasteiger partial charge >= 0.3 is 0 Å². The number of fused-ring (bicyclic) bond motifs is 1. The van der Waals surface area contributed by atoms with Crippen molar-refractivity contribution in [3.8, 4) is 0 Å². The summed E-state index contributed by atoms with van der Waals surface area (Å²) >= 11 is 2.95. The van der Waals surface area contributed by atoms with E-state index in [4.69, 9.17) is 4.74 Å². The van der Waals surface area contributed by atoms with Gasteiger partial charge in [0.2, 0.25) is 5.91 Å². The number of thiophene rings is 1. The van der Waals surface area contributed by atoms with Gasteiger partial charge in [0, 0.05) is 18.5 Å². The number of nitrogens with zero attached hydrogens (tertiary/aromatic N) is 2. The molecule has 2 heterocycles. The van der Waals surface area contributed by atoms with Crippen LogP contribution in [0.5, 0.6) is 0 Å². The second-order valence-electron chi connectivity index (χ2n) is 5.83. The third-order valence-corrected chi connectivity index (χ3v) is 5.86. The average molecular weight is 404 g/mol. The molecular formula is C19H21N3O3S2. The van der Waals surface area contributed by atoms with Crippen LogP contribution in [0.2, 0.25) is 0 Å². The van der Waals surface area contributed by atoms with Crippen molar-refractivity contribution in [1.29, 1.82) is 0 Å². The topological polar surface area (TPSA) is 73.2 Å². The van der Waals surface area contributed by atoms with Crippen molar-refractivity contribution >= 4 is 39.9 Å². The molecule has 0 atom stereocenters. The molecule has 3 rings (SSSR count). The largest absolute Gasteiger partial charge is 0.383 e. The zero-order valence-corrected chi connectivity index (χ0v) is 16.6. The molecule has 0 bridgehead atoms. The third kappa shape index (κ3) is 5.18. The van der Waals surface area contributed by atoms with E-state index in [0.29, 0.717) is 35.8 Å². The van der Waals surface area contributed by atoms with Gasteiger partial charge < -0.3 is 10.1 Å². The Kier molecular flexibility index (Phi) is 7.03. The quantitative estimate of drug-likeness (QED) is 0.439. The highest BCUT2D eigenvalue weighted by molar-refractivity contribution is 7.99. The number of nitrogens with one attached hydrogen (secondary N) is 1. The molecule has 6 nitrogen and oxygen atoms in total. The highest BCUT2D eigenvalue weighted by Gasteiger charge is 2.13. The molecule has 0 radical (unpaired) electrons. The predicted octanol–water partition coefficient (Wildman–Crippen LogP) is 2.56. The molecule has 27 heavy (non-hydrogen) atoms. The SMILES string of the molecule is COCCn1c(SCC(=O)NCCc2cccs2)nc2ccccc2c1=O. The van der Waals surface area contributed by atoms with Gasteiger partial charge in [-0.1, -0.05) is 30.0 Å². The Morgan fingerprint density at radius 2 is 2.15 bits per heavy atom. The Hall–Kier alpha value is -2.16. The van der Waals surface area contributed by atoms with Crippen molar-refractivity contribution in [3.05, 3.63) is 57.0 Å². The van der Waals surface area contributed by atoms with E-state index in [0.717, 1.165) is 6.42 Å². The van der Waals surface area contributed by atoms with Gasteiger partial charge in [-0.25, -0.2) is 4.98 Å². The van der Waals surface area contributed by atoms with Crippen molar-refractivity contribution in [2.24, 2.45) is 0 Å². The van der Waals surface area contributed by atoms with Gasteiger partial charge in [0.1, 0.15) is 0 Å². The number of para-hydroxylation sites is 1. The summed E-state index contributed by atoms with van der Waals surface area (Å²) in [6.07, 6.45) is 0.820. The van der Waals surface area contributed by atoms with E-state index < -0.39 is 0 Å². The number of carbonyl (C=O) groups excluding carboxylic acids is 1. The first-order valence-corrected chi connectivity index (χ1v) is 10.5. The van der Waals surface area contributed by atoms with Crippen LogP contribution in [0.3, 0.4) is 0 Å². The summed E-state index contributed by atoms with van der Waals surface area (Å²) in [5, 5.41) is 6.04. The second-order valence-corrected chi connectivity index (χ2v) is 7.80. The average Bonchev–Trinajstić information content (AvgIpc) is 3.19.